The average molecular weight is 471 g/mol. The van der Waals surface area contributed by atoms with Crippen LogP contribution in [0.3, 0.4) is 0 Å². The van der Waals surface area contributed by atoms with Gasteiger partial charge in [0.25, 0.3) is 5.91 Å². The number of sulfonamides is 1. The van der Waals surface area contributed by atoms with Gasteiger partial charge in [0.1, 0.15) is 0 Å². The molecule has 1 aromatic heterocycles. The fourth-order valence-electron chi connectivity index (χ4n) is 3.60. The van der Waals surface area contributed by atoms with Gasteiger partial charge in [0.2, 0.25) is 10.0 Å². The molecule has 0 aliphatic carbocycles. The van der Waals surface area contributed by atoms with Gasteiger partial charge < -0.3 is 10.6 Å². The molecule has 0 radical (unpaired) electrons. The van der Waals surface area contributed by atoms with E-state index in [1.807, 2.05) is 6.92 Å². The predicted octanol–water partition coefficient (Wildman–Crippen LogP) is 3.06. The predicted molar refractivity (Wildman–Crippen MR) is 119 cm³/mol. The van der Waals surface area contributed by atoms with E-state index in [1.54, 1.807) is 30.0 Å². The molecule has 7 nitrogen and oxygen atoms in total. The zero-order valence-corrected chi connectivity index (χ0v) is 19.4. The van der Waals surface area contributed by atoms with Crippen molar-refractivity contribution in [2.75, 3.05) is 25.9 Å². The lowest BCUT2D eigenvalue weighted by Gasteiger charge is -2.21. The summed E-state index contributed by atoms with van der Waals surface area (Å²) in [6, 6.07) is 5.12. The van der Waals surface area contributed by atoms with Gasteiger partial charge in [0, 0.05) is 53.5 Å². The van der Waals surface area contributed by atoms with Crippen molar-refractivity contribution in [2.24, 2.45) is 5.73 Å². The number of aryl methyl sites for hydroxylation is 1. The summed E-state index contributed by atoms with van der Waals surface area (Å²) in [5, 5.41) is 0.915. The smallest absolute Gasteiger partial charge is 0.256 e. The topological polar surface area (TPSA) is 96.6 Å². The van der Waals surface area contributed by atoms with Crippen molar-refractivity contribution >= 4 is 39.1 Å². The number of carbonyl (C=O) groups is 1. The molecule has 1 amide bonds. The number of nitrogens with two attached hydrogens (primary N) is 1. The molecule has 2 N–H and O–H groups in total. The number of aromatic nitrogens is 1. The first-order chi connectivity index (χ1) is 14.1. The Morgan fingerprint density at radius 1 is 1.27 bits per heavy atom. The van der Waals surface area contributed by atoms with Crippen LogP contribution in [0.4, 0.5) is 0 Å². The molecule has 10 heteroatoms. The molecule has 0 atom stereocenters. The van der Waals surface area contributed by atoms with E-state index in [9.17, 15) is 13.2 Å². The van der Waals surface area contributed by atoms with E-state index in [1.165, 1.54) is 11.4 Å². The van der Waals surface area contributed by atoms with E-state index in [2.05, 4.69) is 4.98 Å². The summed E-state index contributed by atoms with van der Waals surface area (Å²) >= 11 is 12.5. The Labute approximate surface area is 186 Å². The van der Waals surface area contributed by atoms with Crippen molar-refractivity contribution in [1.29, 1.82) is 0 Å². The second kappa shape index (κ2) is 8.80. The number of benzene rings is 1. The summed E-state index contributed by atoms with van der Waals surface area (Å²) < 4.78 is 25.3. The maximum absolute atomic E-state index is 13.3. The second-order valence-electron chi connectivity index (χ2n) is 7.15. The highest BCUT2D eigenvalue weighted by atomic mass is 35.5. The van der Waals surface area contributed by atoms with Crippen LogP contribution < -0.4 is 5.73 Å². The highest BCUT2D eigenvalue weighted by Gasteiger charge is 2.34. The Kier molecular flexibility index (Phi) is 6.74. The van der Waals surface area contributed by atoms with Crippen LogP contribution in [0.15, 0.2) is 18.2 Å². The van der Waals surface area contributed by atoms with Gasteiger partial charge in [0.05, 0.1) is 23.6 Å². The normalized spacial score (nSPS) is 14.0. The number of amides is 1. The molecular formula is C20H24Cl2N4O3S. The number of hydrogen-bond donors (Lipinski definition) is 1. The number of rotatable bonds is 7. The Bertz CT molecular complexity index is 1110. The largest absolute Gasteiger partial charge is 0.331 e. The molecule has 3 rings (SSSR count). The molecule has 2 heterocycles. The van der Waals surface area contributed by atoms with Crippen molar-refractivity contribution < 1.29 is 13.2 Å². The lowest BCUT2D eigenvalue weighted by atomic mass is 9.93. The van der Waals surface area contributed by atoms with Crippen molar-refractivity contribution in [2.45, 2.75) is 26.9 Å². The highest BCUT2D eigenvalue weighted by molar-refractivity contribution is 7.89. The van der Waals surface area contributed by atoms with Crippen LogP contribution >= 0.6 is 23.2 Å². The van der Waals surface area contributed by atoms with Gasteiger partial charge in [-0.05, 0) is 31.5 Å². The molecule has 0 spiro atoms. The minimum absolute atomic E-state index is 0.0114. The first kappa shape index (κ1) is 23.0. The third kappa shape index (κ3) is 4.20. The highest BCUT2D eigenvalue weighted by Crippen LogP contribution is 2.39. The van der Waals surface area contributed by atoms with E-state index >= 15 is 0 Å². The van der Waals surface area contributed by atoms with Crippen LogP contribution in [0, 0.1) is 6.92 Å². The quantitative estimate of drug-likeness (QED) is 0.670. The molecule has 2 aromatic rings. The second-order valence-corrected chi connectivity index (χ2v) is 10.4. The zero-order valence-electron chi connectivity index (χ0n) is 17.1. The van der Waals surface area contributed by atoms with Gasteiger partial charge in [-0.3, -0.25) is 9.78 Å². The lowest BCUT2D eigenvalue weighted by molar-refractivity contribution is 0.0773. The number of pyridine rings is 1. The van der Waals surface area contributed by atoms with Crippen LogP contribution in [0.2, 0.25) is 10.0 Å². The van der Waals surface area contributed by atoms with Crippen molar-refractivity contribution in [3.63, 3.8) is 0 Å². The van der Waals surface area contributed by atoms with E-state index in [-0.39, 0.29) is 31.3 Å². The minimum Gasteiger partial charge on any atom is -0.331 e. The first-order valence-corrected chi connectivity index (χ1v) is 11.9. The number of carbonyl (C=O) groups excluding carboxylic acids is 1. The Morgan fingerprint density at radius 2 is 1.97 bits per heavy atom. The molecule has 1 aromatic carbocycles. The monoisotopic (exact) mass is 470 g/mol. The standard InChI is InChI=1S/C20H24Cl2N4O3S/c1-4-30(28,29)25(3)7-8-26-11-17-19(20(26)27)18(15(10-23)12(2)24-17)14-6-5-13(21)9-16(14)22/h5-6,9H,4,7-8,10-11,23H2,1-3H3. The number of halogens is 2. The van der Waals surface area contributed by atoms with Crippen LogP contribution in [0.25, 0.3) is 11.1 Å². The molecule has 0 unspecified atom stereocenters. The van der Waals surface area contributed by atoms with Crippen LogP contribution in [-0.4, -0.2) is 54.4 Å². The number of fused-ring (bicyclic) bond motifs is 1. The van der Waals surface area contributed by atoms with Crippen LogP contribution in [0.1, 0.15) is 34.2 Å². The number of likely N-dealkylation sites (N-methyl/N-ethyl adjacent to an activating group) is 1. The number of nitrogens with zero attached hydrogens (tertiary/aromatic N) is 3. The van der Waals surface area contributed by atoms with Crippen molar-refractivity contribution in [3.8, 4) is 11.1 Å². The molecule has 30 heavy (non-hydrogen) atoms. The van der Waals surface area contributed by atoms with Gasteiger partial charge in [0.15, 0.2) is 0 Å². The van der Waals surface area contributed by atoms with E-state index < -0.39 is 10.0 Å². The summed E-state index contributed by atoms with van der Waals surface area (Å²) in [7, 11) is -1.81. The average Bonchev–Trinajstić information content (AvgIpc) is 3.00. The van der Waals surface area contributed by atoms with Crippen molar-refractivity contribution in [1.82, 2.24) is 14.2 Å². The summed E-state index contributed by atoms with van der Waals surface area (Å²) in [6.07, 6.45) is 0. The maximum atomic E-state index is 13.3. The Hall–Kier alpha value is -1.71. The zero-order chi connectivity index (χ0) is 22.2. The third-order valence-electron chi connectivity index (χ3n) is 5.35. The molecule has 162 valence electrons. The Balaban J connectivity index is 2.02. The fraction of sp³-hybridized carbons (Fsp3) is 0.400. The summed E-state index contributed by atoms with van der Waals surface area (Å²) in [6.45, 7) is 4.41. The molecular weight excluding hydrogens is 447 g/mol. The SMILES string of the molecule is CCS(=O)(=O)N(C)CCN1Cc2nc(C)c(CN)c(-c3ccc(Cl)cc3Cl)c2C1=O. The van der Waals surface area contributed by atoms with E-state index in [0.717, 1.165) is 11.3 Å². The van der Waals surface area contributed by atoms with Crippen LogP contribution in [-0.2, 0) is 23.1 Å². The first-order valence-electron chi connectivity index (χ1n) is 9.51. The van der Waals surface area contributed by atoms with Gasteiger partial charge in [-0.1, -0.05) is 29.3 Å². The molecule has 1 aliphatic heterocycles. The molecule has 0 saturated heterocycles. The Morgan fingerprint density at radius 3 is 2.57 bits per heavy atom. The van der Waals surface area contributed by atoms with Gasteiger partial charge in [-0.25, -0.2) is 12.7 Å². The molecule has 0 saturated carbocycles. The maximum Gasteiger partial charge on any atom is 0.256 e. The van der Waals surface area contributed by atoms with E-state index in [0.29, 0.717) is 39.0 Å². The minimum atomic E-state index is -3.32. The summed E-state index contributed by atoms with van der Waals surface area (Å²) in [5.41, 5.74) is 9.92. The third-order valence-corrected chi connectivity index (χ3v) is 7.76. The fourth-order valence-corrected chi connectivity index (χ4v) is 4.90. The molecule has 1 aliphatic rings. The summed E-state index contributed by atoms with van der Waals surface area (Å²) in [5.74, 6) is -0.201. The summed E-state index contributed by atoms with van der Waals surface area (Å²) in [4.78, 5) is 19.5. The number of hydrogen-bond acceptors (Lipinski definition) is 5. The molecule has 0 fully saturated rings. The van der Waals surface area contributed by atoms with Crippen LogP contribution in [0.5, 0.6) is 0 Å². The van der Waals surface area contributed by atoms with Gasteiger partial charge >= 0.3 is 0 Å². The van der Waals surface area contributed by atoms with E-state index in [4.69, 9.17) is 28.9 Å². The van der Waals surface area contributed by atoms with Gasteiger partial charge in [-0.15, -0.1) is 0 Å². The van der Waals surface area contributed by atoms with Gasteiger partial charge in [-0.2, -0.15) is 0 Å². The molecule has 0 bridgehead atoms. The lowest BCUT2D eigenvalue weighted by Crippen LogP contribution is -2.37. The van der Waals surface area contributed by atoms with Crippen molar-refractivity contribution in [3.05, 3.63) is 50.8 Å².